The molecule has 0 saturated heterocycles. The zero-order valence-electron chi connectivity index (χ0n) is 4.07. The van der Waals surface area contributed by atoms with E-state index in [1.54, 1.807) is 12.4 Å². The molecule has 8 heavy (non-hydrogen) atoms. The Bertz CT molecular complexity index is 167. The first kappa shape index (κ1) is 4.83. The summed E-state index contributed by atoms with van der Waals surface area (Å²) in [6.45, 7) is 0. The molecule has 0 amide bonds. The largest absolute Gasteiger partial charge is 0.411 e. The van der Waals surface area contributed by atoms with Gasteiger partial charge in [0, 0.05) is 12.4 Å². The number of aromatic nitrogens is 2. The maximum Gasteiger partial charge on any atom is 0.151 e. The maximum atomic E-state index is 7.95. The van der Waals surface area contributed by atoms with E-state index < -0.39 is 0 Å². The summed E-state index contributed by atoms with van der Waals surface area (Å²) in [5.74, 6) is 0.549. The number of nitrogens with one attached hydrogen (secondary N) is 1. The number of H-pyrrole nitrogens is 1. The summed E-state index contributed by atoms with van der Waals surface area (Å²) in [5, 5.41) is 10.7. The van der Waals surface area contributed by atoms with Crippen molar-refractivity contribution in [2.75, 3.05) is 0 Å². The lowest BCUT2D eigenvalue weighted by molar-refractivity contribution is 0.321. The number of oxime groups is 1. The number of rotatable bonds is 1. The molecular weight excluding hydrogens is 106 g/mol. The number of aromatic amines is 1. The van der Waals surface area contributed by atoms with Crippen LogP contribution in [0.5, 0.6) is 0 Å². The van der Waals surface area contributed by atoms with Crippen LogP contribution in [0.1, 0.15) is 5.82 Å². The van der Waals surface area contributed by atoms with Crippen LogP contribution in [-0.4, -0.2) is 21.4 Å². The Morgan fingerprint density at radius 1 is 1.88 bits per heavy atom. The van der Waals surface area contributed by atoms with Gasteiger partial charge in [-0.15, -0.1) is 0 Å². The van der Waals surface area contributed by atoms with Crippen LogP contribution in [-0.2, 0) is 0 Å². The molecule has 0 fully saturated rings. The molecule has 0 aliphatic heterocycles. The highest BCUT2D eigenvalue weighted by molar-refractivity contribution is 5.73. The SMILES string of the molecule is O/N=C/c1ncc[nH]1. The van der Waals surface area contributed by atoms with Gasteiger partial charge >= 0.3 is 0 Å². The van der Waals surface area contributed by atoms with Gasteiger partial charge in [0.2, 0.25) is 0 Å². The second-order valence-corrected chi connectivity index (χ2v) is 1.22. The van der Waals surface area contributed by atoms with Gasteiger partial charge in [-0.25, -0.2) is 4.98 Å². The Morgan fingerprint density at radius 3 is 3.25 bits per heavy atom. The zero-order valence-corrected chi connectivity index (χ0v) is 4.07. The summed E-state index contributed by atoms with van der Waals surface area (Å²) >= 11 is 0. The molecule has 1 aromatic heterocycles. The zero-order chi connectivity index (χ0) is 5.82. The van der Waals surface area contributed by atoms with Crippen LogP contribution in [0.2, 0.25) is 0 Å². The number of hydrogen-bond donors (Lipinski definition) is 2. The maximum absolute atomic E-state index is 7.95. The van der Waals surface area contributed by atoms with Gasteiger partial charge in [-0.3, -0.25) is 0 Å². The quantitative estimate of drug-likeness (QED) is 0.309. The fourth-order valence-corrected chi connectivity index (χ4v) is 0.403. The second kappa shape index (κ2) is 2.11. The Kier molecular flexibility index (Phi) is 1.27. The van der Waals surface area contributed by atoms with Gasteiger partial charge < -0.3 is 10.2 Å². The summed E-state index contributed by atoms with van der Waals surface area (Å²) in [7, 11) is 0. The van der Waals surface area contributed by atoms with Gasteiger partial charge in [0.05, 0.1) is 0 Å². The summed E-state index contributed by atoms with van der Waals surface area (Å²) < 4.78 is 0. The third-order valence-corrected chi connectivity index (χ3v) is 0.699. The van der Waals surface area contributed by atoms with Crippen molar-refractivity contribution in [3.05, 3.63) is 18.2 Å². The topological polar surface area (TPSA) is 61.3 Å². The normalized spacial score (nSPS) is 10.5. The molecule has 0 atom stereocenters. The van der Waals surface area contributed by atoms with Crippen molar-refractivity contribution in [1.82, 2.24) is 9.97 Å². The van der Waals surface area contributed by atoms with E-state index in [1.165, 1.54) is 6.21 Å². The van der Waals surface area contributed by atoms with Gasteiger partial charge in [-0.1, -0.05) is 5.16 Å². The molecule has 0 aliphatic rings. The van der Waals surface area contributed by atoms with Gasteiger partial charge in [0.15, 0.2) is 5.82 Å². The lowest BCUT2D eigenvalue weighted by Crippen LogP contribution is -1.80. The van der Waals surface area contributed by atoms with Gasteiger partial charge in [0.1, 0.15) is 6.21 Å². The highest BCUT2D eigenvalue weighted by Gasteiger charge is 1.82. The van der Waals surface area contributed by atoms with Crippen LogP contribution in [0, 0.1) is 0 Å². The number of nitrogens with zero attached hydrogens (tertiary/aromatic N) is 2. The van der Waals surface area contributed by atoms with E-state index >= 15 is 0 Å². The first-order valence-electron chi connectivity index (χ1n) is 2.10. The second-order valence-electron chi connectivity index (χ2n) is 1.22. The van der Waals surface area contributed by atoms with Crippen molar-refractivity contribution in [3.63, 3.8) is 0 Å². The fraction of sp³-hybridized carbons (Fsp3) is 0. The first-order valence-corrected chi connectivity index (χ1v) is 2.10. The Labute approximate surface area is 45.9 Å². The molecule has 0 aliphatic carbocycles. The molecule has 1 rings (SSSR count). The standard InChI is InChI=1S/C4H5N3O/c8-7-3-4-5-1-2-6-4/h1-3,8H,(H,5,6)/b7-3+. The third kappa shape index (κ3) is 0.841. The highest BCUT2D eigenvalue weighted by atomic mass is 16.4. The van der Waals surface area contributed by atoms with Gasteiger partial charge in [-0.05, 0) is 0 Å². The first-order chi connectivity index (χ1) is 3.93. The lowest BCUT2D eigenvalue weighted by atomic mass is 10.7. The van der Waals surface area contributed by atoms with E-state index in [2.05, 4.69) is 15.1 Å². The van der Waals surface area contributed by atoms with Crippen molar-refractivity contribution in [2.45, 2.75) is 0 Å². The fourth-order valence-electron chi connectivity index (χ4n) is 0.403. The molecule has 0 bridgehead atoms. The Morgan fingerprint density at radius 2 is 2.75 bits per heavy atom. The molecule has 4 heteroatoms. The van der Waals surface area contributed by atoms with E-state index in [9.17, 15) is 0 Å². The minimum Gasteiger partial charge on any atom is -0.411 e. The van der Waals surface area contributed by atoms with Crippen LogP contribution in [0.4, 0.5) is 0 Å². The molecule has 42 valence electrons. The Hall–Kier alpha value is -1.32. The molecular formula is C4H5N3O. The monoisotopic (exact) mass is 111 g/mol. The number of imidazole rings is 1. The van der Waals surface area contributed by atoms with Crippen LogP contribution in [0.25, 0.3) is 0 Å². The smallest absolute Gasteiger partial charge is 0.151 e. The van der Waals surface area contributed by atoms with Crippen molar-refractivity contribution in [2.24, 2.45) is 5.16 Å². The molecule has 0 radical (unpaired) electrons. The minimum absolute atomic E-state index is 0.549. The van der Waals surface area contributed by atoms with E-state index in [-0.39, 0.29) is 0 Å². The molecule has 0 saturated carbocycles. The highest BCUT2D eigenvalue weighted by Crippen LogP contribution is 1.79. The Balaban J connectivity index is 2.77. The predicted molar refractivity (Wildman–Crippen MR) is 28.0 cm³/mol. The van der Waals surface area contributed by atoms with Crippen LogP contribution < -0.4 is 0 Å². The molecule has 1 heterocycles. The van der Waals surface area contributed by atoms with Crippen molar-refractivity contribution in [3.8, 4) is 0 Å². The van der Waals surface area contributed by atoms with E-state index in [1.807, 2.05) is 0 Å². The van der Waals surface area contributed by atoms with Crippen LogP contribution in [0.15, 0.2) is 17.5 Å². The number of hydrogen-bond acceptors (Lipinski definition) is 3. The predicted octanol–water partition coefficient (Wildman–Crippen LogP) is 0.218. The molecule has 0 aromatic carbocycles. The lowest BCUT2D eigenvalue weighted by Gasteiger charge is -1.74. The molecule has 2 N–H and O–H groups in total. The third-order valence-electron chi connectivity index (χ3n) is 0.699. The average Bonchev–Trinajstić information content (AvgIpc) is 2.19. The summed E-state index contributed by atoms with van der Waals surface area (Å²) in [6.07, 6.45) is 4.45. The van der Waals surface area contributed by atoms with Crippen molar-refractivity contribution < 1.29 is 5.21 Å². The molecule has 0 spiro atoms. The van der Waals surface area contributed by atoms with E-state index in [0.29, 0.717) is 5.82 Å². The van der Waals surface area contributed by atoms with Gasteiger partial charge in [0.25, 0.3) is 0 Å². The van der Waals surface area contributed by atoms with E-state index in [4.69, 9.17) is 5.21 Å². The van der Waals surface area contributed by atoms with E-state index in [0.717, 1.165) is 0 Å². The minimum atomic E-state index is 0.549. The average molecular weight is 111 g/mol. The summed E-state index contributed by atoms with van der Waals surface area (Å²) in [6, 6.07) is 0. The van der Waals surface area contributed by atoms with Crippen molar-refractivity contribution >= 4 is 6.21 Å². The molecule has 0 unspecified atom stereocenters. The molecule has 1 aromatic rings. The summed E-state index contributed by atoms with van der Waals surface area (Å²) in [5.41, 5.74) is 0. The van der Waals surface area contributed by atoms with Crippen LogP contribution >= 0.6 is 0 Å². The van der Waals surface area contributed by atoms with Crippen LogP contribution in [0.3, 0.4) is 0 Å². The van der Waals surface area contributed by atoms with Gasteiger partial charge in [-0.2, -0.15) is 0 Å². The van der Waals surface area contributed by atoms with Crippen molar-refractivity contribution in [1.29, 1.82) is 0 Å². The summed E-state index contributed by atoms with van der Waals surface area (Å²) in [4.78, 5) is 6.46. The molecule has 4 nitrogen and oxygen atoms in total.